The number of hydrogen-bond acceptors (Lipinski definition) is 2. The van der Waals surface area contributed by atoms with Gasteiger partial charge >= 0.3 is 6.18 Å². The van der Waals surface area contributed by atoms with Crippen LogP contribution in [0.25, 0.3) is 10.9 Å². The van der Waals surface area contributed by atoms with Crippen LogP contribution in [0.5, 0.6) is 0 Å². The Labute approximate surface area is 170 Å². The van der Waals surface area contributed by atoms with Crippen molar-refractivity contribution in [3.8, 4) is 0 Å². The summed E-state index contributed by atoms with van der Waals surface area (Å²) in [6.07, 6.45) is -5.29. The molecule has 0 saturated carbocycles. The maximum atomic E-state index is 13.9. The second-order valence-corrected chi connectivity index (χ2v) is 7.79. The predicted molar refractivity (Wildman–Crippen MR) is 105 cm³/mol. The third-order valence-corrected chi connectivity index (χ3v) is 5.36. The molecule has 1 atom stereocenters. The van der Waals surface area contributed by atoms with E-state index in [1.165, 1.54) is 18.3 Å². The Hall–Kier alpha value is -2.47. The Balaban J connectivity index is 1.94. The number of alkyl halides is 4. The zero-order valence-corrected chi connectivity index (χ0v) is 16.3. The first kappa shape index (κ1) is 21.2. The highest BCUT2D eigenvalue weighted by Gasteiger charge is 2.46. The molecular weight excluding hydrogens is 406 g/mol. The molecule has 152 valence electrons. The van der Waals surface area contributed by atoms with Crippen LogP contribution in [0.3, 0.4) is 0 Å². The third kappa shape index (κ3) is 4.93. The van der Waals surface area contributed by atoms with E-state index >= 15 is 0 Å². The number of carbonyl (C=O) groups is 1. The standard InChI is InChI=1S/C22H18ClF4NO/c1-14-16(12-28-20-17(14)8-5-9-18(20)24)10-19(29)21(23,13-22(25,26)27)11-15-6-3-2-4-7-15/h2-9,12H,10-11,13H2,1H3. The highest BCUT2D eigenvalue weighted by molar-refractivity contribution is 6.35. The topological polar surface area (TPSA) is 30.0 Å². The largest absolute Gasteiger partial charge is 0.391 e. The number of pyridine rings is 1. The molecule has 1 heterocycles. The number of rotatable bonds is 6. The first-order chi connectivity index (χ1) is 13.6. The van der Waals surface area contributed by atoms with Gasteiger partial charge in [0, 0.05) is 18.0 Å². The number of nitrogens with zero attached hydrogens (tertiary/aromatic N) is 1. The number of ketones is 1. The normalized spacial score (nSPS) is 14.0. The molecule has 1 unspecified atom stereocenters. The van der Waals surface area contributed by atoms with E-state index < -0.39 is 29.1 Å². The lowest BCUT2D eigenvalue weighted by Crippen LogP contribution is -2.41. The lowest BCUT2D eigenvalue weighted by Gasteiger charge is -2.27. The molecule has 0 amide bonds. The van der Waals surface area contributed by atoms with E-state index in [1.807, 2.05) is 0 Å². The maximum absolute atomic E-state index is 13.9. The molecular formula is C22H18ClF4NO. The Kier molecular flexibility index (Phi) is 5.94. The van der Waals surface area contributed by atoms with Gasteiger partial charge in [0.05, 0.1) is 6.42 Å². The highest BCUT2D eigenvalue weighted by atomic mass is 35.5. The summed E-state index contributed by atoms with van der Waals surface area (Å²) >= 11 is 6.30. The van der Waals surface area contributed by atoms with Crippen molar-refractivity contribution in [2.75, 3.05) is 0 Å². The minimum absolute atomic E-state index is 0.151. The first-order valence-electron chi connectivity index (χ1n) is 8.95. The molecule has 0 saturated heterocycles. The van der Waals surface area contributed by atoms with Crippen LogP contribution < -0.4 is 0 Å². The van der Waals surface area contributed by atoms with Gasteiger partial charge in [-0.3, -0.25) is 9.78 Å². The van der Waals surface area contributed by atoms with Gasteiger partial charge in [-0.2, -0.15) is 13.2 Å². The van der Waals surface area contributed by atoms with Gasteiger partial charge in [-0.1, -0.05) is 42.5 Å². The number of para-hydroxylation sites is 1. The van der Waals surface area contributed by atoms with Crippen LogP contribution >= 0.6 is 11.6 Å². The molecule has 0 N–H and O–H groups in total. The van der Waals surface area contributed by atoms with Crippen LogP contribution in [0, 0.1) is 12.7 Å². The fraction of sp³-hybridized carbons (Fsp3) is 0.273. The summed E-state index contributed by atoms with van der Waals surface area (Å²) in [5.74, 6) is -1.25. The smallest absolute Gasteiger partial charge is 0.297 e. The van der Waals surface area contributed by atoms with E-state index in [1.54, 1.807) is 43.3 Å². The van der Waals surface area contributed by atoms with Crippen molar-refractivity contribution in [2.45, 2.75) is 37.2 Å². The number of hydrogen-bond donors (Lipinski definition) is 0. The van der Waals surface area contributed by atoms with Gasteiger partial charge in [0.25, 0.3) is 0 Å². The average molecular weight is 424 g/mol. The second-order valence-electron chi connectivity index (χ2n) is 7.06. The van der Waals surface area contributed by atoms with E-state index in [-0.39, 0.29) is 18.4 Å². The minimum Gasteiger partial charge on any atom is -0.297 e. The zero-order chi connectivity index (χ0) is 21.2. The lowest BCUT2D eigenvalue weighted by molar-refractivity contribution is -0.149. The van der Waals surface area contributed by atoms with Crippen molar-refractivity contribution in [2.24, 2.45) is 0 Å². The number of benzene rings is 2. The van der Waals surface area contributed by atoms with E-state index in [0.717, 1.165) is 0 Å². The van der Waals surface area contributed by atoms with Crippen LogP contribution in [-0.2, 0) is 17.6 Å². The van der Waals surface area contributed by atoms with Gasteiger partial charge in [0.1, 0.15) is 16.2 Å². The number of aromatic nitrogens is 1. The molecule has 7 heteroatoms. The van der Waals surface area contributed by atoms with E-state index in [2.05, 4.69) is 4.98 Å². The van der Waals surface area contributed by atoms with Crippen LogP contribution in [0.1, 0.15) is 23.1 Å². The third-order valence-electron chi connectivity index (χ3n) is 4.88. The minimum atomic E-state index is -4.61. The monoisotopic (exact) mass is 423 g/mol. The molecule has 3 aromatic rings. The fourth-order valence-corrected chi connectivity index (χ4v) is 3.74. The summed E-state index contributed by atoms with van der Waals surface area (Å²) in [5, 5.41) is 0.509. The van der Waals surface area contributed by atoms with Crippen molar-refractivity contribution in [3.63, 3.8) is 0 Å². The molecule has 0 spiro atoms. The summed E-state index contributed by atoms with van der Waals surface area (Å²) in [7, 11) is 0. The molecule has 0 aliphatic carbocycles. The molecule has 0 bridgehead atoms. The Morgan fingerprint density at radius 3 is 2.41 bits per heavy atom. The van der Waals surface area contributed by atoms with Crippen molar-refractivity contribution in [1.82, 2.24) is 4.98 Å². The predicted octanol–water partition coefficient (Wildman–Crippen LogP) is 5.97. The molecule has 1 aromatic heterocycles. The summed E-state index contributed by atoms with van der Waals surface area (Å²) < 4.78 is 53.5. The van der Waals surface area contributed by atoms with Gasteiger partial charge in [-0.25, -0.2) is 4.39 Å². The molecule has 2 nitrogen and oxygen atoms in total. The number of Topliss-reactive ketones (excluding diaryl/α,β-unsaturated/α-hetero) is 1. The van der Waals surface area contributed by atoms with Crippen LogP contribution in [-0.4, -0.2) is 21.8 Å². The molecule has 0 radical (unpaired) electrons. The van der Waals surface area contributed by atoms with Crippen LogP contribution in [0.15, 0.2) is 54.7 Å². The molecule has 2 aromatic carbocycles. The van der Waals surface area contributed by atoms with Crippen LogP contribution in [0.4, 0.5) is 17.6 Å². The van der Waals surface area contributed by atoms with Gasteiger partial charge < -0.3 is 0 Å². The molecule has 29 heavy (non-hydrogen) atoms. The van der Waals surface area contributed by atoms with Crippen molar-refractivity contribution in [1.29, 1.82) is 0 Å². The van der Waals surface area contributed by atoms with E-state index in [9.17, 15) is 22.4 Å². The van der Waals surface area contributed by atoms with Gasteiger partial charge in [-0.15, -0.1) is 11.6 Å². The number of halogens is 5. The quantitative estimate of drug-likeness (QED) is 0.361. The lowest BCUT2D eigenvalue weighted by atomic mass is 9.87. The summed E-state index contributed by atoms with van der Waals surface area (Å²) in [5.41, 5.74) is 1.70. The molecule has 3 rings (SSSR count). The van der Waals surface area contributed by atoms with Gasteiger partial charge in [-0.05, 0) is 36.1 Å². The average Bonchev–Trinajstić information content (AvgIpc) is 2.63. The number of carbonyl (C=O) groups excluding carboxylic acids is 1. The van der Waals surface area contributed by atoms with Gasteiger partial charge in [0.2, 0.25) is 0 Å². The first-order valence-corrected chi connectivity index (χ1v) is 9.32. The summed E-state index contributed by atoms with van der Waals surface area (Å²) in [6.45, 7) is 1.68. The highest BCUT2D eigenvalue weighted by Crippen LogP contribution is 2.37. The van der Waals surface area contributed by atoms with Crippen molar-refractivity contribution >= 4 is 28.3 Å². The van der Waals surface area contributed by atoms with Crippen LogP contribution in [0.2, 0.25) is 0 Å². The summed E-state index contributed by atoms with van der Waals surface area (Å²) in [4.78, 5) is 14.8. The Bertz CT molecular complexity index is 1040. The Morgan fingerprint density at radius 1 is 1.07 bits per heavy atom. The maximum Gasteiger partial charge on any atom is 0.391 e. The van der Waals surface area contributed by atoms with Gasteiger partial charge in [0.15, 0.2) is 5.78 Å². The van der Waals surface area contributed by atoms with E-state index in [4.69, 9.17) is 11.6 Å². The number of aryl methyl sites for hydroxylation is 1. The van der Waals surface area contributed by atoms with E-state index in [0.29, 0.717) is 22.1 Å². The van der Waals surface area contributed by atoms with Crippen molar-refractivity contribution < 1.29 is 22.4 Å². The Morgan fingerprint density at radius 2 is 1.76 bits per heavy atom. The molecule has 0 fully saturated rings. The SMILES string of the molecule is Cc1c(CC(=O)C(Cl)(Cc2ccccc2)CC(F)(F)F)cnc2c(F)cccc12. The number of fused-ring (bicyclic) bond motifs is 1. The molecule has 0 aliphatic rings. The molecule has 0 aliphatic heterocycles. The fourth-order valence-electron chi connectivity index (χ4n) is 3.37. The summed E-state index contributed by atoms with van der Waals surface area (Å²) in [6, 6.07) is 12.8. The second kappa shape index (κ2) is 8.11. The zero-order valence-electron chi connectivity index (χ0n) is 15.6. The van der Waals surface area contributed by atoms with Crippen molar-refractivity contribution in [3.05, 3.63) is 77.2 Å².